The van der Waals surface area contributed by atoms with Gasteiger partial charge >= 0.3 is 0 Å². The maximum Gasteiger partial charge on any atom is 0.222 e. The first kappa shape index (κ1) is 18.2. The fraction of sp³-hybridized carbons (Fsp3) is 0.368. The summed E-state index contributed by atoms with van der Waals surface area (Å²) in [6.07, 6.45) is 0.220. The lowest BCUT2D eigenvalue weighted by Crippen LogP contribution is -2.35. The highest BCUT2D eigenvalue weighted by Crippen LogP contribution is 2.26. The van der Waals surface area contributed by atoms with Crippen LogP contribution in [0.25, 0.3) is 0 Å². The van der Waals surface area contributed by atoms with Crippen LogP contribution in [0.3, 0.4) is 0 Å². The van der Waals surface area contributed by atoms with E-state index in [0.717, 1.165) is 10.4 Å². The van der Waals surface area contributed by atoms with Crippen LogP contribution in [0.5, 0.6) is 0 Å². The van der Waals surface area contributed by atoms with Crippen molar-refractivity contribution in [2.45, 2.75) is 39.3 Å². The Bertz CT molecular complexity index is 653. The maximum absolute atomic E-state index is 12.6. The molecule has 24 heavy (non-hydrogen) atoms. The highest BCUT2D eigenvalue weighted by Gasteiger charge is 2.22. The second-order valence-corrected chi connectivity index (χ2v) is 7.15. The highest BCUT2D eigenvalue weighted by molar-refractivity contribution is 7.10. The summed E-state index contributed by atoms with van der Waals surface area (Å²) in [4.78, 5) is 25.2. The summed E-state index contributed by atoms with van der Waals surface area (Å²) in [6.45, 7) is 5.65. The Balaban J connectivity index is 2.08. The van der Waals surface area contributed by atoms with E-state index in [-0.39, 0.29) is 30.3 Å². The summed E-state index contributed by atoms with van der Waals surface area (Å²) in [5, 5.41) is 7.99. The van der Waals surface area contributed by atoms with Crippen molar-refractivity contribution in [3.8, 4) is 0 Å². The van der Waals surface area contributed by atoms with Crippen molar-refractivity contribution in [2.75, 3.05) is 0 Å². The van der Waals surface area contributed by atoms with Crippen molar-refractivity contribution in [1.82, 2.24) is 10.6 Å². The Kier molecular flexibility index (Phi) is 6.55. The van der Waals surface area contributed by atoms with E-state index < -0.39 is 0 Å². The molecule has 128 valence electrons. The van der Waals surface area contributed by atoms with E-state index >= 15 is 0 Å². The number of hydrogen-bond acceptors (Lipinski definition) is 3. The number of carbonyl (C=O) groups is 2. The standard InChI is InChI=1S/C19H24N2O2S/c1-13(2)19(17-10-7-11-24-17)21-18(23)12-16(20-14(3)22)15-8-5-4-6-9-15/h4-11,13,16,19H,12H2,1-3H3,(H,20,22)(H,21,23)/t16-,19-/m1/s1. The van der Waals surface area contributed by atoms with Crippen LogP contribution in [0.2, 0.25) is 0 Å². The summed E-state index contributed by atoms with van der Waals surface area (Å²) in [5.74, 6) is 0.0866. The minimum atomic E-state index is -0.320. The third-order valence-corrected chi connectivity index (χ3v) is 4.76. The predicted octanol–water partition coefficient (Wildman–Crippen LogP) is 3.83. The van der Waals surface area contributed by atoms with Crippen molar-refractivity contribution >= 4 is 23.2 Å². The lowest BCUT2D eigenvalue weighted by molar-refractivity contribution is -0.123. The SMILES string of the molecule is CC(=O)N[C@H](CC(=O)N[C@@H](c1cccs1)C(C)C)c1ccccc1. The normalized spacial score (nSPS) is 13.3. The van der Waals surface area contributed by atoms with Gasteiger partial charge in [-0.05, 0) is 22.9 Å². The molecule has 0 spiro atoms. The Morgan fingerprint density at radius 2 is 1.75 bits per heavy atom. The molecule has 0 aliphatic heterocycles. The molecule has 0 aliphatic rings. The van der Waals surface area contributed by atoms with Gasteiger partial charge in [0.15, 0.2) is 0 Å². The van der Waals surface area contributed by atoms with Gasteiger partial charge in [0.1, 0.15) is 0 Å². The molecule has 2 aromatic rings. The zero-order valence-electron chi connectivity index (χ0n) is 14.3. The molecule has 2 amide bonds. The van der Waals surface area contributed by atoms with Gasteiger partial charge in [-0.15, -0.1) is 11.3 Å². The quantitative estimate of drug-likeness (QED) is 0.802. The van der Waals surface area contributed by atoms with Crippen LogP contribution < -0.4 is 10.6 Å². The van der Waals surface area contributed by atoms with Gasteiger partial charge in [0, 0.05) is 11.8 Å². The van der Waals surface area contributed by atoms with Crippen LogP contribution in [-0.2, 0) is 9.59 Å². The minimum Gasteiger partial charge on any atom is -0.349 e. The second kappa shape index (κ2) is 8.64. The summed E-state index contributed by atoms with van der Waals surface area (Å²) in [6, 6.07) is 13.3. The van der Waals surface area contributed by atoms with Gasteiger partial charge < -0.3 is 10.6 Å². The summed E-state index contributed by atoms with van der Waals surface area (Å²) in [5.41, 5.74) is 0.931. The van der Waals surface area contributed by atoms with Crippen LogP contribution in [-0.4, -0.2) is 11.8 Å². The smallest absolute Gasteiger partial charge is 0.222 e. The molecule has 2 atom stereocenters. The highest BCUT2D eigenvalue weighted by atomic mass is 32.1. The van der Waals surface area contributed by atoms with Crippen molar-refractivity contribution < 1.29 is 9.59 Å². The van der Waals surface area contributed by atoms with Gasteiger partial charge in [-0.2, -0.15) is 0 Å². The first-order valence-corrected chi connectivity index (χ1v) is 9.00. The summed E-state index contributed by atoms with van der Waals surface area (Å²) >= 11 is 1.64. The van der Waals surface area contributed by atoms with E-state index in [1.165, 1.54) is 6.92 Å². The largest absolute Gasteiger partial charge is 0.349 e. The monoisotopic (exact) mass is 344 g/mol. The van der Waals surface area contributed by atoms with Crippen molar-refractivity contribution in [3.63, 3.8) is 0 Å². The van der Waals surface area contributed by atoms with Gasteiger partial charge in [-0.25, -0.2) is 0 Å². The van der Waals surface area contributed by atoms with Crippen LogP contribution in [0.15, 0.2) is 47.8 Å². The third-order valence-electron chi connectivity index (χ3n) is 3.80. The molecule has 5 heteroatoms. The second-order valence-electron chi connectivity index (χ2n) is 6.17. The number of amides is 2. The first-order valence-electron chi connectivity index (χ1n) is 8.12. The minimum absolute atomic E-state index is 0.00810. The van der Waals surface area contributed by atoms with Gasteiger partial charge in [-0.1, -0.05) is 50.2 Å². The molecule has 0 unspecified atom stereocenters. The Labute approximate surface area is 147 Å². The number of rotatable bonds is 7. The molecule has 0 saturated carbocycles. The molecule has 2 N–H and O–H groups in total. The molecule has 1 heterocycles. The number of hydrogen-bond donors (Lipinski definition) is 2. The number of nitrogens with one attached hydrogen (secondary N) is 2. The van der Waals surface area contributed by atoms with Crippen molar-refractivity contribution in [2.24, 2.45) is 5.92 Å². The van der Waals surface area contributed by atoms with Gasteiger partial charge in [0.25, 0.3) is 0 Å². The van der Waals surface area contributed by atoms with E-state index in [9.17, 15) is 9.59 Å². The van der Waals surface area contributed by atoms with E-state index in [4.69, 9.17) is 0 Å². The van der Waals surface area contributed by atoms with E-state index in [2.05, 4.69) is 24.5 Å². The fourth-order valence-corrected chi connectivity index (χ4v) is 3.58. The van der Waals surface area contributed by atoms with Crippen LogP contribution >= 0.6 is 11.3 Å². The molecule has 0 bridgehead atoms. The maximum atomic E-state index is 12.6. The van der Waals surface area contributed by atoms with Gasteiger partial charge in [0.2, 0.25) is 11.8 Å². The predicted molar refractivity (Wildman–Crippen MR) is 97.7 cm³/mol. The zero-order valence-corrected chi connectivity index (χ0v) is 15.1. The van der Waals surface area contributed by atoms with Gasteiger partial charge in [-0.3, -0.25) is 9.59 Å². The number of benzene rings is 1. The molecular weight excluding hydrogens is 320 g/mol. The molecule has 1 aromatic carbocycles. The summed E-state index contributed by atoms with van der Waals surface area (Å²) in [7, 11) is 0. The molecule has 2 rings (SSSR count). The molecule has 0 saturated heterocycles. The average Bonchev–Trinajstić information content (AvgIpc) is 3.06. The molecule has 0 radical (unpaired) electrons. The molecular formula is C19H24N2O2S. The molecule has 4 nitrogen and oxygen atoms in total. The summed E-state index contributed by atoms with van der Waals surface area (Å²) < 4.78 is 0. The van der Waals surface area contributed by atoms with Crippen molar-refractivity contribution in [3.05, 3.63) is 58.3 Å². The average molecular weight is 344 g/mol. The lowest BCUT2D eigenvalue weighted by atomic mass is 10.0. The first-order chi connectivity index (χ1) is 11.5. The van der Waals surface area contributed by atoms with Crippen molar-refractivity contribution in [1.29, 1.82) is 0 Å². The van der Waals surface area contributed by atoms with E-state index in [1.807, 2.05) is 47.8 Å². The topological polar surface area (TPSA) is 58.2 Å². The van der Waals surface area contributed by atoms with Crippen LogP contribution in [0.4, 0.5) is 0 Å². The van der Waals surface area contributed by atoms with Gasteiger partial charge in [0.05, 0.1) is 18.5 Å². The van der Waals surface area contributed by atoms with Crippen LogP contribution in [0, 0.1) is 5.92 Å². The van der Waals surface area contributed by atoms with Crippen LogP contribution in [0.1, 0.15) is 49.7 Å². The third kappa shape index (κ3) is 5.20. The molecule has 1 aromatic heterocycles. The molecule has 0 fully saturated rings. The number of carbonyl (C=O) groups excluding carboxylic acids is 2. The van der Waals surface area contributed by atoms with E-state index in [0.29, 0.717) is 5.92 Å². The Morgan fingerprint density at radius 3 is 2.29 bits per heavy atom. The fourth-order valence-electron chi connectivity index (χ4n) is 2.64. The van der Waals surface area contributed by atoms with E-state index in [1.54, 1.807) is 11.3 Å². The molecule has 0 aliphatic carbocycles. The lowest BCUT2D eigenvalue weighted by Gasteiger charge is -2.23. The Morgan fingerprint density at radius 1 is 1.04 bits per heavy atom. The number of thiophene rings is 1. The zero-order chi connectivity index (χ0) is 17.5. The Hall–Kier alpha value is -2.14.